The van der Waals surface area contributed by atoms with E-state index in [-0.39, 0.29) is 24.2 Å². The van der Waals surface area contributed by atoms with Crippen LogP contribution in [0.3, 0.4) is 0 Å². The Kier molecular flexibility index (Phi) is 4.08. The lowest BCUT2D eigenvalue weighted by Crippen LogP contribution is -2.27. The van der Waals surface area contributed by atoms with Crippen molar-refractivity contribution in [3.63, 3.8) is 0 Å². The lowest BCUT2D eigenvalue weighted by Gasteiger charge is -2.22. The van der Waals surface area contributed by atoms with Gasteiger partial charge in [0.2, 0.25) is 0 Å². The molecule has 2 rings (SSSR count). The quantitative estimate of drug-likeness (QED) is 0.899. The number of tetrazole rings is 1. The van der Waals surface area contributed by atoms with E-state index in [2.05, 4.69) is 22.4 Å². The van der Waals surface area contributed by atoms with Gasteiger partial charge in [0.15, 0.2) is 5.82 Å². The second kappa shape index (κ2) is 5.47. The topological polar surface area (TPSA) is 90.1 Å². The summed E-state index contributed by atoms with van der Waals surface area (Å²) in [5, 5.41) is 21.0. The largest absolute Gasteiger partial charge is 0.481 e. The maximum Gasteiger partial charge on any atom is 0.308 e. The average molecular weight is 282 g/mol. The zero-order valence-electron chi connectivity index (χ0n) is 12.5. The number of rotatable bonds is 4. The molecule has 2 heterocycles. The first-order chi connectivity index (χ1) is 9.34. The van der Waals surface area contributed by atoms with Gasteiger partial charge in [-0.1, -0.05) is 6.92 Å². The normalized spacial score (nSPS) is 33.0. The van der Waals surface area contributed by atoms with Crippen molar-refractivity contribution < 1.29 is 14.6 Å². The highest BCUT2D eigenvalue weighted by Gasteiger charge is 2.42. The van der Waals surface area contributed by atoms with Crippen molar-refractivity contribution in [2.75, 3.05) is 0 Å². The van der Waals surface area contributed by atoms with Gasteiger partial charge < -0.3 is 9.84 Å². The van der Waals surface area contributed by atoms with Crippen LogP contribution in [0.4, 0.5) is 0 Å². The molecular formula is C13H22N4O3. The molecule has 0 saturated carbocycles. The lowest BCUT2D eigenvalue weighted by atomic mass is 9.88. The third-order valence-electron chi connectivity index (χ3n) is 4.56. The fourth-order valence-electron chi connectivity index (χ4n) is 2.84. The molecule has 20 heavy (non-hydrogen) atoms. The molecule has 0 spiro atoms. The number of hydrogen-bond donors (Lipinski definition) is 1. The molecule has 1 aliphatic rings. The van der Waals surface area contributed by atoms with Crippen molar-refractivity contribution in [3.05, 3.63) is 5.82 Å². The van der Waals surface area contributed by atoms with Crippen molar-refractivity contribution in [2.45, 2.75) is 58.8 Å². The molecule has 1 N–H and O–H groups in total. The minimum atomic E-state index is -0.851. The van der Waals surface area contributed by atoms with Gasteiger partial charge >= 0.3 is 5.97 Å². The number of carboxylic acid groups (broad SMARTS) is 1. The summed E-state index contributed by atoms with van der Waals surface area (Å²) in [6.45, 7) is 9.66. The second-order valence-electron chi connectivity index (χ2n) is 5.78. The van der Waals surface area contributed by atoms with Gasteiger partial charge in [0.05, 0.1) is 30.1 Å². The van der Waals surface area contributed by atoms with E-state index < -0.39 is 11.9 Å². The van der Waals surface area contributed by atoms with Crippen molar-refractivity contribution in [1.82, 2.24) is 20.2 Å². The van der Waals surface area contributed by atoms with E-state index in [0.717, 1.165) is 5.82 Å². The molecule has 1 aliphatic heterocycles. The zero-order chi connectivity index (χ0) is 15.0. The molecule has 7 heteroatoms. The number of hydrogen-bond acceptors (Lipinski definition) is 5. The van der Waals surface area contributed by atoms with Crippen LogP contribution in [0.5, 0.6) is 0 Å². The Labute approximate surface area is 118 Å². The third kappa shape index (κ3) is 2.42. The molecule has 1 aromatic rings. The van der Waals surface area contributed by atoms with Crippen LogP contribution in [-0.2, 0) is 9.53 Å². The van der Waals surface area contributed by atoms with Gasteiger partial charge in [-0.2, -0.15) is 0 Å². The summed E-state index contributed by atoms with van der Waals surface area (Å²) in [4.78, 5) is 11.1. The highest BCUT2D eigenvalue weighted by molar-refractivity contribution is 5.70. The summed E-state index contributed by atoms with van der Waals surface area (Å²) in [6, 6.07) is -0.298. The van der Waals surface area contributed by atoms with Crippen molar-refractivity contribution in [1.29, 1.82) is 0 Å². The van der Waals surface area contributed by atoms with Gasteiger partial charge in [-0.05, 0) is 44.0 Å². The highest BCUT2D eigenvalue weighted by atomic mass is 16.5. The molecular weight excluding hydrogens is 260 g/mol. The zero-order valence-corrected chi connectivity index (χ0v) is 12.5. The van der Waals surface area contributed by atoms with Crippen molar-refractivity contribution in [2.24, 2.45) is 11.8 Å². The monoisotopic (exact) mass is 282 g/mol. The van der Waals surface area contributed by atoms with Crippen LogP contribution in [0, 0.1) is 11.8 Å². The van der Waals surface area contributed by atoms with E-state index in [9.17, 15) is 4.79 Å². The van der Waals surface area contributed by atoms with Crippen LogP contribution >= 0.6 is 0 Å². The average Bonchev–Trinajstić information content (AvgIpc) is 2.93. The van der Waals surface area contributed by atoms with Crippen molar-refractivity contribution >= 4 is 5.97 Å². The molecule has 1 saturated heterocycles. The van der Waals surface area contributed by atoms with Gasteiger partial charge in [-0.3, -0.25) is 4.79 Å². The Balaban J connectivity index is 2.31. The van der Waals surface area contributed by atoms with E-state index >= 15 is 0 Å². The van der Waals surface area contributed by atoms with Crippen LogP contribution < -0.4 is 0 Å². The van der Waals surface area contributed by atoms with Crippen LogP contribution in [0.15, 0.2) is 0 Å². The Bertz CT molecular complexity index is 490. The Morgan fingerprint density at radius 3 is 2.45 bits per heavy atom. The summed E-state index contributed by atoms with van der Waals surface area (Å²) in [5.41, 5.74) is 0. The Morgan fingerprint density at radius 1 is 1.30 bits per heavy atom. The molecule has 112 valence electrons. The first kappa shape index (κ1) is 14.9. The molecule has 7 nitrogen and oxygen atoms in total. The first-order valence-electron chi connectivity index (χ1n) is 7.00. The van der Waals surface area contributed by atoms with Crippen LogP contribution in [0.25, 0.3) is 0 Å². The molecule has 6 unspecified atom stereocenters. The van der Waals surface area contributed by atoms with Crippen molar-refractivity contribution in [3.8, 4) is 0 Å². The van der Waals surface area contributed by atoms with E-state index in [1.807, 2.05) is 20.8 Å². The summed E-state index contributed by atoms with van der Waals surface area (Å²) in [7, 11) is 0. The highest BCUT2D eigenvalue weighted by Crippen LogP contribution is 2.39. The van der Waals surface area contributed by atoms with Gasteiger partial charge in [0, 0.05) is 0 Å². The van der Waals surface area contributed by atoms with Gasteiger partial charge in [0.1, 0.15) is 0 Å². The Morgan fingerprint density at radius 2 is 1.95 bits per heavy atom. The van der Waals surface area contributed by atoms with E-state index in [0.29, 0.717) is 5.92 Å². The SMILES string of the molecule is CC1OC(C)C(c2nnnn2C(C)C(C)C(=O)O)C1C. The third-order valence-corrected chi connectivity index (χ3v) is 4.56. The standard InChI is InChI=1S/C13H22N4O3/c1-6(13(18)19)8(3)17-12(14-15-16-17)11-7(2)9(4)20-10(11)5/h6-11H,1-5H3,(H,18,19). The molecule has 1 fully saturated rings. The predicted molar refractivity (Wildman–Crippen MR) is 71.2 cm³/mol. The van der Waals surface area contributed by atoms with E-state index in [4.69, 9.17) is 9.84 Å². The first-order valence-corrected chi connectivity index (χ1v) is 7.00. The number of nitrogens with zero attached hydrogens (tertiary/aromatic N) is 4. The van der Waals surface area contributed by atoms with E-state index in [1.165, 1.54) is 0 Å². The number of ether oxygens (including phenoxy) is 1. The fourth-order valence-corrected chi connectivity index (χ4v) is 2.84. The molecule has 0 aliphatic carbocycles. The Hall–Kier alpha value is -1.50. The molecule has 1 aromatic heterocycles. The lowest BCUT2D eigenvalue weighted by molar-refractivity contribution is -0.142. The fraction of sp³-hybridized carbons (Fsp3) is 0.846. The van der Waals surface area contributed by atoms with Gasteiger partial charge in [-0.25, -0.2) is 4.68 Å². The minimum absolute atomic E-state index is 0.0251. The number of aromatic nitrogens is 4. The number of carbonyl (C=O) groups is 1. The van der Waals surface area contributed by atoms with Crippen LogP contribution in [0.1, 0.15) is 52.4 Å². The molecule has 6 atom stereocenters. The molecule has 0 bridgehead atoms. The second-order valence-corrected chi connectivity index (χ2v) is 5.78. The smallest absolute Gasteiger partial charge is 0.308 e. The summed E-state index contributed by atoms with van der Waals surface area (Å²) >= 11 is 0. The summed E-state index contributed by atoms with van der Waals surface area (Å²) in [6.07, 6.45) is 0.171. The summed E-state index contributed by atoms with van der Waals surface area (Å²) in [5.74, 6) is -0.306. The van der Waals surface area contributed by atoms with Gasteiger partial charge in [0.25, 0.3) is 0 Å². The predicted octanol–water partition coefficient (Wildman–Crippen LogP) is 1.48. The molecule has 0 radical (unpaired) electrons. The molecule has 0 aromatic carbocycles. The van der Waals surface area contributed by atoms with Gasteiger partial charge in [-0.15, -0.1) is 5.10 Å². The van der Waals surface area contributed by atoms with Crippen LogP contribution in [0.2, 0.25) is 0 Å². The maximum atomic E-state index is 11.1. The van der Waals surface area contributed by atoms with Crippen LogP contribution in [-0.4, -0.2) is 43.5 Å². The minimum Gasteiger partial charge on any atom is -0.481 e. The molecule has 0 amide bonds. The summed E-state index contributed by atoms with van der Waals surface area (Å²) < 4.78 is 7.46. The van der Waals surface area contributed by atoms with E-state index in [1.54, 1.807) is 11.6 Å². The number of aliphatic carboxylic acids is 1. The maximum absolute atomic E-state index is 11.1. The number of carboxylic acids is 1.